The van der Waals surface area contributed by atoms with Crippen LogP contribution in [0, 0.1) is 23.2 Å². The standard InChI is InChI=1S/C23H28Cl2N2O3/c1-12(11-28)27-10-16-20(22(27)30)17(24)5-18(25)21(16)26-19(29)9-23-6-13-2-14(7-23)4-15(3-13)8-23/h5,12-15,28H,2-4,6-11H2,1H3,(H,26,29). The molecular weight excluding hydrogens is 423 g/mol. The molecule has 1 aliphatic heterocycles. The Bertz CT molecular complexity index is 881. The molecule has 4 aliphatic carbocycles. The highest BCUT2D eigenvalue weighted by atomic mass is 35.5. The highest BCUT2D eigenvalue weighted by Gasteiger charge is 2.51. The number of aliphatic hydroxyl groups is 1. The van der Waals surface area contributed by atoms with E-state index in [1.54, 1.807) is 11.8 Å². The average molecular weight is 451 g/mol. The van der Waals surface area contributed by atoms with Crippen LogP contribution >= 0.6 is 23.2 Å². The Labute approximate surface area is 187 Å². The molecule has 1 atom stereocenters. The number of benzene rings is 1. The van der Waals surface area contributed by atoms with Crippen molar-refractivity contribution in [1.29, 1.82) is 0 Å². The van der Waals surface area contributed by atoms with Crippen LogP contribution in [0.3, 0.4) is 0 Å². The summed E-state index contributed by atoms with van der Waals surface area (Å²) in [5.74, 6) is 2.12. The maximum Gasteiger partial charge on any atom is 0.256 e. The van der Waals surface area contributed by atoms with Crippen LogP contribution in [0.25, 0.3) is 0 Å². The lowest BCUT2D eigenvalue weighted by atomic mass is 9.49. The minimum absolute atomic E-state index is 0.0236. The summed E-state index contributed by atoms with van der Waals surface area (Å²) in [6.07, 6.45) is 8.06. The summed E-state index contributed by atoms with van der Waals surface area (Å²) in [5.41, 5.74) is 1.66. The van der Waals surface area contributed by atoms with E-state index >= 15 is 0 Å². The van der Waals surface area contributed by atoms with Crippen molar-refractivity contribution in [1.82, 2.24) is 4.90 Å². The summed E-state index contributed by atoms with van der Waals surface area (Å²) in [7, 11) is 0. The molecule has 4 saturated carbocycles. The zero-order chi connectivity index (χ0) is 21.2. The molecule has 0 radical (unpaired) electrons. The van der Waals surface area contributed by atoms with Crippen molar-refractivity contribution in [3.8, 4) is 0 Å². The van der Waals surface area contributed by atoms with E-state index in [0.717, 1.165) is 17.8 Å². The molecule has 0 aromatic heterocycles. The Hall–Kier alpha value is -1.30. The van der Waals surface area contributed by atoms with Crippen LogP contribution in [0.15, 0.2) is 6.07 Å². The summed E-state index contributed by atoms with van der Waals surface area (Å²) < 4.78 is 0. The molecule has 5 nitrogen and oxygen atoms in total. The van der Waals surface area contributed by atoms with E-state index in [9.17, 15) is 14.7 Å². The third-order valence-electron chi connectivity index (χ3n) is 7.90. The second-order valence-electron chi connectivity index (χ2n) is 10.2. The van der Waals surface area contributed by atoms with Gasteiger partial charge in [-0.3, -0.25) is 9.59 Å². The van der Waals surface area contributed by atoms with Crippen LogP contribution < -0.4 is 5.32 Å². The number of nitrogens with one attached hydrogen (secondary N) is 1. The number of hydrogen-bond acceptors (Lipinski definition) is 3. The molecule has 7 heteroatoms. The molecule has 0 spiro atoms. The maximum absolute atomic E-state index is 13.1. The molecule has 1 unspecified atom stereocenters. The lowest BCUT2D eigenvalue weighted by molar-refractivity contribution is -0.124. The van der Waals surface area contributed by atoms with Crippen molar-refractivity contribution in [2.24, 2.45) is 23.2 Å². The van der Waals surface area contributed by atoms with Crippen molar-refractivity contribution in [3.05, 3.63) is 27.2 Å². The van der Waals surface area contributed by atoms with Crippen molar-refractivity contribution in [2.75, 3.05) is 11.9 Å². The normalized spacial score (nSPS) is 32.5. The summed E-state index contributed by atoms with van der Waals surface area (Å²) in [6.45, 7) is 1.92. The first-order chi connectivity index (χ1) is 14.3. The van der Waals surface area contributed by atoms with Crippen molar-refractivity contribution in [3.63, 3.8) is 0 Å². The second kappa shape index (κ2) is 7.39. The summed E-state index contributed by atoms with van der Waals surface area (Å²) in [5, 5.41) is 13.2. The van der Waals surface area contributed by atoms with Gasteiger partial charge in [0.25, 0.3) is 5.91 Å². The Kier molecular flexibility index (Phi) is 5.07. The van der Waals surface area contributed by atoms with Crippen LogP contribution in [0.5, 0.6) is 0 Å². The molecular formula is C23H28Cl2N2O3. The smallest absolute Gasteiger partial charge is 0.256 e. The minimum Gasteiger partial charge on any atom is -0.394 e. The van der Waals surface area contributed by atoms with Gasteiger partial charge in [0.05, 0.1) is 33.9 Å². The van der Waals surface area contributed by atoms with Crippen LogP contribution in [0.2, 0.25) is 10.0 Å². The number of anilines is 1. The fraction of sp³-hybridized carbons (Fsp3) is 0.652. The zero-order valence-corrected chi connectivity index (χ0v) is 18.7. The number of aliphatic hydroxyl groups excluding tert-OH is 1. The van der Waals surface area contributed by atoms with E-state index < -0.39 is 0 Å². The number of nitrogens with zero attached hydrogens (tertiary/aromatic N) is 1. The lowest BCUT2D eigenvalue weighted by Crippen LogP contribution is -2.47. The van der Waals surface area contributed by atoms with Gasteiger partial charge in [-0.1, -0.05) is 23.2 Å². The number of amides is 2. The Balaban J connectivity index is 1.38. The Morgan fingerprint density at radius 2 is 1.80 bits per heavy atom. The van der Waals surface area contributed by atoms with Gasteiger partial charge in [-0.2, -0.15) is 0 Å². The third-order valence-corrected chi connectivity index (χ3v) is 8.50. The van der Waals surface area contributed by atoms with E-state index in [1.165, 1.54) is 44.6 Å². The predicted molar refractivity (Wildman–Crippen MR) is 117 cm³/mol. The Morgan fingerprint density at radius 1 is 1.20 bits per heavy atom. The summed E-state index contributed by atoms with van der Waals surface area (Å²) in [6, 6.07) is 1.20. The van der Waals surface area contributed by atoms with Crippen molar-refractivity contribution >= 4 is 40.7 Å². The molecule has 1 aromatic rings. The maximum atomic E-state index is 13.1. The molecule has 0 saturated heterocycles. The molecule has 4 bridgehead atoms. The van der Waals surface area contributed by atoms with Gasteiger partial charge in [0, 0.05) is 18.5 Å². The van der Waals surface area contributed by atoms with E-state index in [1.807, 2.05) is 0 Å². The second-order valence-corrected chi connectivity index (χ2v) is 11.0. The lowest BCUT2D eigenvalue weighted by Gasteiger charge is -2.56. The fourth-order valence-corrected chi connectivity index (χ4v) is 7.69. The molecule has 1 aromatic carbocycles. The van der Waals surface area contributed by atoms with E-state index in [2.05, 4.69) is 5.32 Å². The molecule has 6 rings (SSSR count). The third kappa shape index (κ3) is 3.34. The first kappa shape index (κ1) is 20.6. The van der Waals surface area contributed by atoms with Gasteiger partial charge < -0.3 is 15.3 Å². The van der Waals surface area contributed by atoms with Crippen molar-refractivity contribution in [2.45, 2.75) is 64.5 Å². The van der Waals surface area contributed by atoms with Crippen LogP contribution in [0.1, 0.15) is 67.8 Å². The number of carbonyl (C=O) groups excluding carboxylic acids is 2. The fourth-order valence-electron chi connectivity index (χ4n) is 7.06. The molecule has 5 aliphatic rings. The first-order valence-corrected chi connectivity index (χ1v) is 11.8. The largest absolute Gasteiger partial charge is 0.394 e. The Morgan fingerprint density at radius 3 is 2.37 bits per heavy atom. The molecule has 2 N–H and O–H groups in total. The quantitative estimate of drug-likeness (QED) is 0.671. The monoisotopic (exact) mass is 450 g/mol. The first-order valence-electron chi connectivity index (χ1n) is 11.0. The van der Waals surface area contributed by atoms with Gasteiger partial charge in [-0.05, 0) is 74.7 Å². The van der Waals surface area contributed by atoms with E-state index in [0.29, 0.717) is 28.3 Å². The zero-order valence-electron chi connectivity index (χ0n) is 17.2. The van der Waals surface area contributed by atoms with Crippen LogP contribution in [-0.4, -0.2) is 34.5 Å². The van der Waals surface area contributed by atoms with Gasteiger partial charge >= 0.3 is 0 Å². The highest BCUT2D eigenvalue weighted by molar-refractivity contribution is 6.39. The SMILES string of the molecule is CC(CO)N1Cc2c(NC(=O)CC34CC5CC(CC(C5)C3)C4)c(Cl)cc(Cl)c2C1=O. The summed E-state index contributed by atoms with van der Waals surface area (Å²) >= 11 is 12.8. The van der Waals surface area contributed by atoms with Gasteiger partial charge in [0.15, 0.2) is 0 Å². The summed E-state index contributed by atoms with van der Waals surface area (Å²) in [4.78, 5) is 27.6. The molecule has 162 valence electrons. The molecule has 4 fully saturated rings. The van der Waals surface area contributed by atoms with Crippen LogP contribution in [-0.2, 0) is 11.3 Å². The molecule has 30 heavy (non-hydrogen) atoms. The van der Waals surface area contributed by atoms with Gasteiger partial charge in [-0.25, -0.2) is 0 Å². The average Bonchev–Trinajstić information content (AvgIpc) is 3.00. The topological polar surface area (TPSA) is 69.6 Å². The predicted octanol–water partition coefficient (Wildman–Crippen LogP) is 4.88. The highest BCUT2D eigenvalue weighted by Crippen LogP contribution is 2.61. The number of rotatable bonds is 5. The van der Waals surface area contributed by atoms with Gasteiger partial charge in [0.2, 0.25) is 5.91 Å². The van der Waals surface area contributed by atoms with E-state index in [4.69, 9.17) is 23.2 Å². The minimum atomic E-state index is -0.338. The molecule has 2 amide bonds. The van der Waals surface area contributed by atoms with Gasteiger partial charge in [-0.15, -0.1) is 0 Å². The van der Waals surface area contributed by atoms with Crippen molar-refractivity contribution < 1.29 is 14.7 Å². The number of fused-ring (bicyclic) bond motifs is 1. The molecule has 1 heterocycles. The van der Waals surface area contributed by atoms with E-state index in [-0.39, 0.29) is 41.4 Å². The van der Waals surface area contributed by atoms with Crippen LogP contribution in [0.4, 0.5) is 5.69 Å². The number of halogens is 2. The van der Waals surface area contributed by atoms with Gasteiger partial charge in [0.1, 0.15) is 0 Å². The number of carbonyl (C=O) groups is 2. The number of hydrogen-bond donors (Lipinski definition) is 2.